The first kappa shape index (κ1) is 11.9. The van der Waals surface area contributed by atoms with Crippen molar-refractivity contribution < 1.29 is 12.6 Å². The van der Waals surface area contributed by atoms with Crippen molar-refractivity contribution in [1.29, 1.82) is 0 Å². The minimum Gasteiger partial charge on any atom is -0.267 e. The quantitative estimate of drug-likeness (QED) is 0.627. The first-order valence-corrected chi connectivity index (χ1v) is 6.06. The van der Waals surface area contributed by atoms with Crippen molar-refractivity contribution >= 4 is 10.1 Å². The Bertz CT molecular complexity index is 206. The summed E-state index contributed by atoms with van der Waals surface area (Å²) in [5, 5.41) is 0. The molecule has 0 aliphatic carbocycles. The summed E-state index contributed by atoms with van der Waals surface area (Å²) >= 11 is 0. The van der Waals surface area contributed by atoms with Gasteiger partial charge in [-0.3, -0.25) is 4.18 Å². The van der Waals surface area contributed by atoms with E-state index in [9.17, 15) is 8.42 Å². The van der Waals surface area contributed by atoms with Crippen LogP contribution in [0.3, 0.4) is 0 Å². The van der Waals surface area contributed by atoms with Crippen LogP contribution in [-0.4, -0.2) is 20.8 Å². The van der Waals surface area contributed by atoms with Gasteiger partial charge in [0.25, 0.3) is 10.1 Å². The maximum absolute atomic E-state index is 10.8. The highest BCUT2D eigenvalue weighted by atomic mass is 32.2. The molecule has 74 valence electrons. The number of hydrogen-bond acceptors (Lipinski definition) is 3. The first-order valence-electron chi connectivity index (χ1n) is 4.25. The average Bonchev–Trinajstić information content (AvgIpc) is 1.83. The molecule has 0 aliphatic heterocycles. The van der Waals surface area contributed by atoms with Crippen LogP contribution in [0.1, 0.15) is 33.6 Å². The topological polar surface area (TPSA) is 43.4 Å². The number of rotatable bonds is 5. The smallest absolute Gasteiger partial charge is 0.264 e. The Morgan fingerprint density at radius 2 is 1.83 bits per heavy atom. The molecule has 0 fully saturated rings. The zero-order valence-corrected chi connectivity index (χ0v) is 9.02. The van der Waals surface area contributed by atoms with Gasteiger partial charge in [-0.1, -0.05) is 27.2 Å². The molecule has 0 N–H and O–H groups in total. The van der Waals surface area contributed by atoms with Crippen LogP contribution in [-0.2, 0) is 14.3 Å². The van der Waals surface area contributed by atoms with Gasteiger partial charge in [0.05, 0.1) is 12.4 Å². The summed E-state index contributed by atoms with van der Waals surface area (Å²) in [5.74, 6) is 0.250. The highest BCUT2D eigenvalue weighted by molar-refractivity contribution is 7.86. The normalized spacial score (nSPS) is 15.1. The van der Waals surface area contributed by atoms with Gasteiger partial charge in [-0.2, -0.15) is 8.42 Å². The van der Waals surface area contributed by atoms with E-state index in [4.69, 9.17) is 4.18 Å². The fraction of sp³-hybridized carbons (Fsp3) is 1.00. The van der Waals surface area contributed by atoms with Crippen LogP contribution in [0.2, 0.25) is 0 Å². The van der Waals surface area contributed by atoms with Gasteiger partial charge >= 0.3 is 0 Å². The van der Waals surface area contributed by atoms with E-state index in [0.29, 0.717) is 0 Å². The highest BCUT2D eigenvalue weighted by Gasteiger charge is 2.17. The number of hydrogen-bond donors (Lipinski definition) is 0. The molecule has 12 heavy (non-hydrogen) atoms. The van der Waals surface area contributed by atoms with Crippen LogP contribution in [0.25, 0.3) is 0 Å². The third kappa shape index (κ3) is 5.55. The molecule has 3 nitrogen and oxygen atoms in total. The summed E-state index contributed by atoms with van der Waals surface area (Å²) in [4.78, 5) is 0. The van der Waals surface area contributed by atoms with Crippen molar-refractivity contribution in [2.45, 2.75) is 39.7 Å². The van der Waals surface area contributed by atoms with Gasteiger partial charge in [-0.25, -0.2) is 0 Å². The summed E-state index contributed by atoms with van der Waals surface area (Å²) in [6.45, 7) is 5.94. The summed E-state index contributed by atoms with van der Waals surface area (Å²) in [7, 11) is -3.29. The third-order valence-electron chi connectivity index (χ3n) is 1.62. The Morgan fingerprint density at radius 1 is 1.33 bits per heavy atom. The maximum atomic E-state index is 10.8. The minimum atomic E-state index is -3.29. The van der Waals surface area contributed by atoms with E-state index in [1.807, 2.05) is 20.8 Å². The third-order valence-corrected chi connectivity index (χ3v) is 2.21. The molecule has 0 saturated heterocycles. The maximum Gasteiger partial charge on any atom is 0.264 e. The second kappa shape index (κ2) is 4.82. The van der Waals surface area contributed by atoms with Gasteiger partial charge in [0.1, 0.15) is 0 Å². The lowest BCUT2D eigenvalue weighted by atomic mass is 10.0. The molecule has 0 spiro atoms. The summed E-state index contributed by atoms with van der Waals surface area (Å²) in [6, 6.07) is 0. The Balaban J connectivity index is 4.14. The molecule has 0 aromatic rings. The molecule has 0 bridgehead atoms. The SMILES string of the molecule is CCCC(OS(C)(=O)=O)C(C)C. The summed E-state index contributed by atoms with van der Waals surface area (Å²) in [5.41, 5.74) is 0. The molecule has 1 atom stereocenters. The lowest BCUT2D eigenvalue weighted by Crippen LogP contribution is -2.22. The monoisotopic (exact) mass is 194 g/mol. The van der Waals surface area contributed by atoms with E-state index in [-0.39, 0.29) is 12.0 Å². The van der Waals surface area contributed by atoms with Crippen LogP contribution in [0.4, 0.5) is 0 Å². The Morgan fingerprint density at radius 3 is 2.08 bits per heavy atom. The van der Waals surface area contributed by atoms with E-state index in [1.54, 1.807) is 0 Å². The Kier molecular flexibility index (Phi) is 4.78. The Labute approximate surface area is 75.2 Å². The van der Waals surface area contributed by atoms with Crippen molar-refractivity contribution in [2.24, 2.45) is 5.92 Å². The zero-order valence-electron chi connectivity index (χ0n) is 8.20. The van der Waals surface area contributed by atoms with E-state index >= 15 is 0 Å². The van der Waals surface area contributed by atoms with Crippen molar-refractivity contribution in [3.05, 3.63) is 0 Å². The van der Waals surface area contributed by atoms with E-state index in [0.717, 1.165) is 19.1 Å². The van der Waals surface area contributed by atoms with Crippen LogP contribution in [0.5, 0.6) is 0 Å². The molecule has 0 rings (SSSR count). The molecule has 0 amide bonds. The molecular weight excluding hydrogens is 176 g/mol. The fourth-order valence-corrected chi connectivity index (χ4v) is 1.77. The predicted octanol–water partition coefficient (Wildman–Crippen LogP) is 1.79. The van der Waals surface area contributed by atoms with Crippen LogP contribution in [0.15, 0.2) is 0 Å². The average molecular weight is 194 g/mol. The molecular formula is C8H18O3S. The fourth-order valence-electron chi connectivity index (χ4n) is 1.00. The molecule has 0 heterocycles. The van der Waals surface area contributed by atoms with E-state index < -0.39 is 10.1 Å². The van der Waals surface area contributed by atoms with Crippen molar-refractivity contribution in [3.63, 3.8) is 0 Å². The summed E-state index contributed by atoms with van der Waals surface area (Å²) < 4.78 is 26.5. The van der Waals surface area contributed by atoms with Gasteiger partial charge in [0.2, 0.25) is 0 Å². The second-order valence-electron chi connectivity index (χ2n) is 3.37. The molecule has 0 saturated carbocycles. The van der Waals surface area contributed by atoms with Gasteiger partial charge in [-0.05, 0) is 12.3 Å². The molecule has 0 aromatic carbocycles. The molecule has 0 radical (unpaired) electrons. The van der Waals surface area contributed by atoms with Crippen LogP contribution >= 0.6 is 0 Å². The lowest BCUT2D eigenvalue weighted by molar-refractivity contribution is 0.150. The molecule has 0 aliphatic rings. The van der Waals surface area contributed by atoms with Gasteiger partial charge < -0.3 is 0 Å². The lowest BCUT2D eigenvalue weighted by Gasteiger charge is -2.18. The largest absolute Gasteiger partial charge is 0.267 e. The highest BCUT2D eigenvalue weighted by Crippen LogP contribution is 2.14. The van der Waals surface area contributed by atoms with Gasteiger partial charge in [0, 0.05) is 0 Å². The van der Waals surface area contributed by atoms with Crippen LogP contribution < -0.4 is 0 Å². The molecule has 0 aromatic heterocycles. The first-order chi connectivity index (χ1) is 5.37. The van der Waals surface area contributed by atoms with Crippen molar-refractivity contribution in [3.8, 4) is 0 Å². The standard InChI is InChI=1S/C8H18O3S/c1-5-6-8(7(2)3)11-12(4,9)10/h7-8H,5-6H2,1-4H3. The van der Waals surface area contributed by atoms with Gasteiger partial charge in [-0.15, -0.1) is 0 Å². The van der Waals surface area contributed by atoms with Gasteiger partial charge in [0.15, 0.2) is 0 Å². The minimum absolute atomic E-state index is 0.162. The zero-order chi connectivity index (χ0) is 9.78. The van der Waals surface area contributed by atoms with Crippen molar-refractivity contribution in [2.75, 3.05) is 6.26 Å². The van der Waals surface area contributed by atoms with Crippen molar-refractivity contribution in [1.82, 2.24) is 0 Å². The van der Waals surface area contributed by atoms with Crippen LogP contribution in [0, 0.1) is 5.92 Å². The molecule has 4 heteroatoms. The predicted molar refractivity (Wildman–Crippen MR) is 49.5 cm³/mol. The second-order valence-corrected chi connectivity index (χ2v) is 4.97. The van der Waals surface area contributed by atoms with E-state index in [2.05, 4.69) is 0 Å². The Hall–Kier alpha value is -0.0900. The molecule has 1 unspecified atom stereocenters. The summed E-state index contributed by atoms with van der Waals surface area (Å²) in [6.07, 6.45) is 2.67. The van der Waals surface area contributed by atoms with E-state index in [1.165, 1.54) is 0 Å².